The van der Waals surface area contributed by atoms with E-state index >= 15 is 0 Å². The van der Waals surface area contributed by atoms with Crippen LogP contribution in [0.25, 0.3) is 0 Å². The molecule has 0 spiro atoms. The smallest absolute Gasteiger partial charge is 0.359 e. The lowest BCUT2D eigenvalue weighted by Gasteiger charge is -2.02. The summed E-state index contributed by atoms with van der Waals surface area (Å²) in [6.07, 6.45) is 1.87. The van der Waals surface area contributed by atoms with Crippen molar-refractivity contribution < 1.29 is 9.53 Å². The molecule has 1 heterocycles. The minimum Gasteiger partial charge on any atom is -0.456 e. The molecule has 2 aromatic rings. The van der Waals surface area contributed by atoms with E-state index in [1.807, 2.05) is 12.1 Å². The van der Waals surface area contributed by atoms with Gasteiger partial charge in [0.15, 0.2) is 5.69 Å². The fraction of sp³-hybridized carbons (Fsp3) is 0.286. The highest BCUT2D eigenvalue weighted by molar-refractivity contribution is 6.30. The molecule has 0 amide bonds. The van der Waals surface area contributed by atoms with Gasteiger partial charge in [0.25, 0.3) is 0 Å². The number of hydrogen-bond donors (Lipinski definition) is 1. The highest BCUT2D eigenvalue weighted by Crippen LogP contribution is 2.11. The summed E-state index contributed by atoms with van der Waals surface area (Å²) in [6.45, 7) is 2.28. The number of esters is 1. The number of hydrogen-bond acceptors (Lipinski definition) is 3. The number of halogens is 1. The summed E-state index contributed by atoms with van der Waals surface area (Å²) in [7, 11) is 0. The molecule has 0 atom stereocenters. The lowest BCUT2D eigenvalue weighted by atomic mass is 10.2. The molecular formula is C14H15ClN2O2. The van der Waals surface area contributed by atoms with Crippen LogP contribution in [0.3, 0.4) is 0 Å². The zero-order chi connectivity index (χ0) is 13.7. The SMILES string of the molecule is CCCc1cc(C(=O)OCc2ccc(Cl)cc2)n[nH]1. The Kier molecular flexibility index (Phi) is 4.58. The highest BCUT2D eigenvalue weighted by atomic mass is 35.5. The third kappa shape index (κ3) is 3.83. The molecule has 0 bridgehead atoms. The van der Waals surface area contributed by atoms with E-state index in [0.717, 1.165) is 24.1 Å². The quantitative estimate of drug-likeness (QED) is 0.853. The van der Waals surface area contributed by atoms with E-state index in [-0.39, 0.29) is 6.61 Å². The van der Waals surface area contributed by atoms with Gasteiger partial charge in [-0.3, -0.25) is 5.10 Å². The van der Waals surface area contributed by atoms with E-state index in [9.17, 15) is 4.79 Å². The summed E-state index contributed by atoms with van der Waals surface area (Å²) in [5, 5.41) is 7.42. The third-order valence-corrected chi connectivity index (χ3v) is 2.89. The Morgan fingerprint density at radius 1 is 1.37 bits per heavy atom. The van der Waals surface area contributed by atoms with Crippen LogP contribution in [0, 0.1) is 0 Å². The van der Waals surface area contributed by atoms with E-state index in [1.165, 1.54) is 0 Å². The summed E-state index contributed by atoms with van der Waals surface area (Å²) < 4.78 is 5.18. The Balaban J connectivity index is 1.91. The molecule has 100 valence electrons. The van der Waals surface area contributed by atoms with Crippen LogP contribution >= 0.6 is 11.6 Å². The fourth-order valence-corrected chi connectivity index (χ4v) is 1.79. The molecular weight excluding hydrogens is 264 g/mol. The van der Waals surface area contributed by atoms with Crippen LogP contribution in [0.5, 0.6) is 0 Å². The molecule has 19 heavy (non-hydrogen) atoms. The molecule has 1 N–H and O–H groups in total. The molecule has 0 radical (unpaired) electrons. The number of carbonyl (C=O) groups excluding carboxylic acids is 1. The fourth-order valence-electron chi connectivity index (χ4n) is 1.67. The van der Waals surface area contributed by atoms with Crippen molar-refractivity contribution in [2.24, 2.45) is 0 Å². The topological polar surface area (TPSA) is 55.0 Å². The van der Waals surface area contributed by atoms with Crippen molar-refractivity contribution in [1.29, 1.82) is 0 Å². The maximum atomic E-state index is 11.8. The second kappa shape index (κ2) is 6.38. The van der Waals surface area contributed by atoms with Gasteiger partial charge >= 0.3 is 5.97 Å². The lowest BCUT2D eigenvalue weighted by Crippen LogP contribution is -2.05. The minimum absolute atomic E-state index is 0.214. The van der Waals surface area contributed by atoms with Crippen molar-refractivity contribution >= 4 is 17.6 Å². The standard InChI is InChI=1S/C14H15ClN2O2/c1-2-3-12-8-13(17-16-12)14(18)19-9-10-4-6-11(15)7-5-10/h4-8H,2-3,9H2,1H3,(H,16,17). The van der Waals surface area contributed by atoms with Gasteiger partial charge in [-0.15, -0.1) is 0 Å². The van der Waals surface area contributed by atoms with Crippen LogP contribution in [0.4, 0.5) is 0 Å². The van der Waals surface area contributed by atoms with Crippen LogP contribution in [0.1, 0.15) is 35.1 Å². The molecule has 0 aliphatic carbocycles. The van der Waals surface area contributed by atoms with Gasteiger partial charge in [0.2, 0.25) is 0 Å². The molecule has 0 unspecified atom stereocenters. The number of aromatic amines is 1. The number of benzene rings is 1. The van der Waals surface area contributed by atoms with Crippen molar-refractivity contribution in [1.82, 2.24) is 10.2 Å². The maximum absolute atomic E-state index is 11.8. The Bertz CT molecular complexity index is 549. The van der Waals surface area contributed by atoms with Crippen LogP contribution in [-0.2, 0) is 17.8 Å². The van der Waals surface area contributed by atoms with Crippen LogP contribution in [-0.4, -0.2) is 16.2 Å². The Morgan fingerprint density at radius 2 is 2.11 bits per heavy atom. The number of nitrogens with one attached hydrogen (secondary N) is 1. The number of nitrogens with zero attached hydrogens (tertiary/aromatic N) is 1. The number of carbonyl (C=O) groups is 1. The Labute approximate surface area is 116 Å². The molecule has 0 saturated heterocycles. The first kappa shape index (κ1) is 13.6. The van der Waals surface area contributed by atoms with Crippen molar-refractivity contribution in [2.45, 2.75) is 26.4 Å². The maximum Gasteiger partial charge on any atom is 0.359 e. The second-order valence-electron chi connectivity index (χ2n) is 4.23. The highest BCUT2D eigenvalue weighted by Gasteiger charge is 2.11. The number of rotatable bonds is 5. The number of H-pyrrole nitrogens is 1. The molecule has 1 aromatic heterocycles. The van der Waals surface area contributed by atoms with E-state index < -0.39 is 5.97 Å². The van der Waals surface area contributed by atoms with E-state index in [1.54, 1.807) is 18.2 Å². The van der Waals surface area contributed by atoms with E-state index in [2.05, 4.69) is 17.1 Å². The molecule has 5 heteroatoms. The van der Waals surface area contributed by atoms with Gasteiger partial charge in [-0.05, 0) is 30.2 Å². The van der Waals surface area contributed by atoms with Crippen molar-refractivity contribution in [3.05, 3.63) is 52.3 Å². The number of ether oxygens (including phenoxy) is 1. The zero-order valence-corrected chi connectivity index (χ0v) is 11.4. The summed E-state index contributed by atoms with van der Waals surface area (Å²) in [4.78, 5) is 11.8. The molecule has 0 aliphatic heterocycles. The van der Waals surface area contributed by atoms with Crippen molar-refractivity contribution in [2.75, 3.05) is 0 Å². The van der Waals surface area contributed by atoms with Gasteiger partial charge in [0, 0.05) is 10.7 Å². The van der Waals surface area contributed by atoms with Gasteiger partial charge in [-0.1, -0.05) is 37.1 Å². The van der Waals surface area contributed by atoms with Crippen LogP contribution < -0.4 is 0 Å². The first-order chi connectivity index (χ1) is 9.19. The second-order valence-corrected chi connectivity index (χ2v) is 4.67. The van der Waals surface area contributed by atoms with Gasteiger partial charge in [0.05, 0.1) is 0 Å². The van der Waals surface area contributed by atoms with E-state index in [4.69, 9.17) is 16.3 Å². The van der Waals surface area contributed by atoms with Crippen molar-refractivity contribution in [3.63, 3.8) is 0 Å². The summed E-state index contributed by atoms with van der Waals surface area (Å²) in [5.74, 6) is -0.423. The molecule has 2 rings (SSSR count). The number of aryl methyl sites for hydroxylation is 1. The molecule has 0 fully saturated rings. The summed E-state index contributed by atoms with van der Waals surface area (Å²) >= 11 is 5.78. The Morgan fingerprint density at radius 3 is 2.79 bits per heavy atom. The van der Waals surface area contributed by atoms with Gasteiger partial charge in [0.1, 0.15) is 6.61 Å². The zero-order valence-electron chi connectivity index (χ0n) is 10.6. The third-order valence-electron chi connectivity index (χ3n) is 2.64. The largest absolute Gasteiger partial charge is 0.456 e. The number of aromatic nitrogens is 2. The van der Waals surface area contributed by atoms with Crippen LogP contribution in [0.15, 0.2) is 30.3 Å². The Hall–Kier alpha value is -1.81. The predicted molar refractivity (Wildman–Crippen MR) is 73.2 cm³/mol. The molecule has 0 saturated carbocycles. The van der Waals surface area contributed by atoms with E-state index in [0.29, 0.717) is 10.7 Å². The van der Waals surface area contributed by atoms with Crippen LogP contribution in [0.2, 0.25) is 5.02 Å². The normalized spacial score (nSPS) is 10.4. The summed E-state index contributed by atoms with van der Waals surface area (Å²) in [6, 6.07) is 8.90. The first-order valence-electron chi connectivity index (χ1n) is 6.15. The molecule has 0 aliphatic rings. The van der Waals surface area contributed by atoms with Gasteiger partial charge in [-0.2, -0.15) is 5.10 Å². The van der Waals surface area contributed by atoms with Gasteiger partial charge in [-0.25, -0.2) is 4.79 Å². The molecule has 4 nitrogen and oxygen atoms in total. The van der Waals surface area contributed by atoms with Crippen molar-refractivity contribution in [3.8, 4) is 0 Å². The monoisotopic (exact) mass is 278 g/mol. The summed E-state index contributed by atoms with van der Waals surface area (Å²) in [5.41, 5.74) is 2.15. The average molecular weight is 279 g/mol. The molecule has 1 aromatic carbocycles. The lowest BCUT2D eigenvalue weighted by molar-refractivity contribution is 0.0465. The predicted octanol–water partition coefficient (Wildman–Crippen LogP) is 3.37. The van der Waals surface area contributed by atoms with Gasteiger partial charge < -0.3 is 4.74 Å². The first-order valence-corrected chi connectivity index (χ1v) is 6.52. The average Bonchev–Trinajstić information content (AvgIpc) is 2.87. The minimum atomic E-state index is -0.423.